The maximum atomic E-state index is 12.9. The van der Waals surface area contributed by atoms with Crippen LogP contribution in [0, 0.1) is 0 Å². The Morgan fingerprint density at radius 2 is 1.88 bits per heavy atom. The maximum absolute atomic E-state index is 12.9. The third-order valence-corrected chi connectivity index (χ3v) is 3.96. The van der Waals surface area contributed by atoms with E-state index < -0.39 is 0 Å². The van der Waals surface area contributed by atoms with Gasteiger partial charge in [-0.05, 0) is 30.7 Å². The molecule has 0 aliphatic heterocycles. The Kier molecular flexibility index (Phi) is 3.86. The van der Waals surface area contributed by atoms with Gasteiger partial charge in [0.25, 0.3) is 0 Å². The van der Waals surface area contributed by atoms with Crippen molar-refractivity contribution in [3.63, 3.8) is 0 Å². The predicted molar refractivity (Wildman–Crippen MR) is 98.8 cm³/mol. The molecule has 4 nitrogen and oxygen atoms in total. The summed E-state index contributed by atoms with van der Waals surface area (Å²) in [7, 11) is 0. The summed E-state index contributed by atoms with van der Waals surface area (Å²) in [5, 5.41) is 1.34. The third kappa shape index (κ3) is 2.83. The van der Waals surface area contributed by atoms with Crippen LogP contribution in [0.25, 0.3) is 34.1 Å². The molecule has 25 heavy (non-hydrogen) atoms. The first-order chi connectivity index (χ1) is 12.3. The van der Waals surface area contributed by atoms with Crippen molar-refractivity contribution in [2.75, 3.05) is 6.61 Å². The van der Waals surface area contributed by atoms with Gasteiger partial charge in [-0.25, -0.2) is 0 Å². The minimum Gasteiger partial charge on any atom is -0.487 e. The van der Waals surface area contributed by atoms with Gasteiger partial charge < -0.3 is 13.6 Å². The minimum absolute atomic E-state index is 0.182. The number of hydrogen-bond acceptors (Lipinski definition) is 4. The SMILES string of the molecule is CCOc1c(/C=C\c2ccccc2)oc2cc3occc3cc2c1=O. The molecule has 0 unspecified atom stereocenters. The summed E-state index contributed by atoms with van der Waals surface area (Å²) in [6, 6.07) is 15.1. The van der Waals surface area contributed by atoms with Gasteiger partial charge in [0.1, 0.15) is 11.2 Å². The Bertz CT molecular complexity index is 1120. The van der Waals surface area contributed by atoms with Crippen LogP contribution in [0.15, 0.2) is 68.4 Å². The number of ether oxygens (including phenoxy) is 1. The molecule has 0 aliphatic carbocycles. The topological polar surface area (TPSA) is 52.6 Å². The van der Waals surface area contributed by atoms with Crippen LogP contribution >= 0.6 is 0 Å². The lowest BCUT2D eigenvalue weighted by Gasteiger charge is -2.07. The zero-order chi connectivity index (χ0) is 17.2. The first-order valence-corrected chi connectivity index (χ1v) is 8.10. The summed E-state index contributed by atoms with van der Waals surface area (Å²) in [6.07, 6.45) is 5.24. The zero-order valence-corrected chi connectivity index (χ0v) is 13.7. The van der Waals surface area contributed by atoms with Crippen LogP contribution in [0.5, 0.6) is 5.75 Å². The van der Waals surface area contributed by atoms with Crippen LogP contribution in [0.4, 0.5) is 0 Å². The fourth-order valence-electron chi connectivity index (χ4n) is 2.78. The van der Waals surface area contributed by atoms with E-state index in [-0.39, 0.29) is 11.2 Å². The quantitative estimate of drug-likeness (QED) is 0.521. The summed E-state index contributed by atoms with van der Waals surface area (Å²) in [5.74, 6) is 0.624. The van der Waals surface area contributed by atoms with E-state index in [0.29, 0.717) is 28.9 Å². The van der Waals surface area contributed by atoms with Gasteiger partial charge in [0.05, 0.1) is 18.3 Å². The Hall–Kier alpha value is -3.27. The van der Waals surface area contributed by atoms with Crippen molar-refractivity contribution in [1.82, 2.24) is 0 Å². The molecule has 2 aromatic heterocycles. The molecule has 0 spiro atoms. The van der Waals surface area contributed by atoms with Gasteiger partial charge >= 0.3 is 0 Å². The van der Waals surface area contributed by atoms with Crippen LogP contribution in [0.1, 0.15) is 18.2 Å². The minimum atomic E-state index is -0.182. The summed E-state index contributed by atoms with van der Waals surface area (Å²) in [4.78, 5) is 12.9. The predicted octanol–water partition coefficient (Wildman–Crippen LogP) is 5.11. The second-order valence-electron chi connectivity index (χ2n) is 5.61. The van der Waals surface area contributed by atoms with E-state index in [2.05, 4.69) is 0 Å². The van der Waals surface area contributed by atoms with Crippen molar-refractivity contribution >= 4 is 34.1 Å². The Morgan fingerprint density at radius 3 is 2.68 bits per heavy atom. The van der Waals surface area contributed by atoms with Crippen LogP contribution in [0.3, 0.4) is 0 Å². The molecule has 0 radical (unpaired) electrons. The van der Waals surface area contributed by atoms with Gasteiger partial charge in [0.2, 0.25) is 11.2 Å². The van der Waals surface area contributed by atoms with Gasteiger partial charge in [-0.2, -0.15) is 0 Å². The van der Waals surface area contributed by atoms with E-state index in [1.165, 1.54) is 0 Å². The van der Waals surface area contributed by atoms with Crippen LogP contribution in [0.2, 0.25) is 0 Å². The highest BCUT2D eigenvalue weighted by Crippen LogP contribution is 2.27. The molecule has 2 heterocycles. The van der Waals surface area contributed by atoms with Crippen LogP contribution < -0.4 is 10.2 Å². The largest absolute Gasteiger partial charge is 0.487 e. The van der Waals surface area contributed by atoms with E-state index in [9.17, 15) is 4.79 Å². The van der Waals surface area contributed by atoms with Crippen LogP contribution in [-0.2, 0) is 0 Å². The van der Waals surface area contributed by atoms with Gasteiger partial charge in [0, 0.05) is 11.5 Å². The molecule has 0 fully saturated rings. The monoisotopic (exact) mass is 332 g/mol. The Labute approximate surface area is 143 Å². The average molecular weight is 332 g/mol. The van der Waals surface area contributed by atoms with Crippen molar-refractivity contribution in [2.24, 2.45) is 0 Å². The Balaban J connectivity index is 1.92. The lowest BCUT2D eigenvalue weighted by molar-refractivity contribution is 0.325. The summed E-state index contributed by atoms with van der Waals surface area (Å²) < 4.78 is 16.9. The van der Waals surface area contributed by atoms with Gasteiger partial charge in [-0.15, -0.1) is 0 Å². The molecule has 0 aliphatic rings. The number of benzene rings is 2. The molecule has 0 amide bonds. The third-order valence-electron chi connectivity index (χ3n) is 3.96. The molecule has 0 atom stereocenters. The van der Waals surface area contributed by atoms with Crippen molar-refractivity contribution < 1.29 is 13.6 Å². The van der Waals surface area contributed by atoms with Gasteiger partial charge in [-0.1, -0.05) is 36.4 Å². The lowest BCUT2D eigenvalue weighted by atomic mass is 10.1. The first-order valence-electron chi connectivity index (χ1n) is 8.10. The van der Waals surface area contributed by atoms with E-state index in [1.54, 1.807) is 24.5 Å². The van der Waals surface area contributed by atoms with E-state index in [4.69, 9.17) is 13.6 Å². The van der Waals surface area contributed by atoms with Crippen molar-refractivity contribution in [3.8, 4) is 5.75 Å². The second kappa shape index (κ2) is 6.32. The maximum Gasteiger partial charge on any atom is 0.235 e. The highest BCUT2D eigenvalue weighted by molar-refractivity contribution is 5.94. The first kappa shape index (κ1) is 15.3. The van der Waals surface area contributed by atoms with Gasteiger partial charge in [-0.3, -0.25) is 4.79 Å². The second-order valence-corrected chi connectivity index (χ2v) is 5.61. The Morgan fingerprint density at radius 1 is 1.04 bits per heavy atom. The van der Waals surface area contributed by atoms with Crippen molar-refractivity contribution in [2.45, 2.75) is 6.92 Å². The normalized spacial score (nSPS) is 11.6. The van der Waals surface area contributed by atoms with Crippen molar-refractivity contribution in [3.05, 3.63) is 76.3 Å². The molecular weight excluding hydrogens is 316 g/mol. The average Bonchev–Trinajstić information content (AvgIpc) is 3.09. The molecule has 0 saturated heterocycles. The molecule has 4 heteroatoms. The molecule has 2 aromatic carbocycles. The molecule has 4 rings (SSSR count). The number of fused-ring (bicyclic) bond motifs is 2. The highest BCUT2D eigenvalue weighted by atomic mass is 16.5. The van der Waals surface area contributed by atoms with Crippen molar-refractivity contribution in [1.29, 1.82) is 0 Å². The van der Waals surface area contributed by atoms with E-state index in [0.717, 1.165) is 10.9 Å². The smallest absolute Gasteiger partial charge is 0.235 e. The number of furan rings is 1. The van der Waals surface area contributed by atoms with Gasteiger partial charge in [0.15, 0.2) is 5.76 Å². The molecule has 0 bridgehead atoms. The molecule has 0 saturated carbocycles. The highest BCUT2D eigenvalue weighted by Gasteiger charge is 2.15. The fourth-order valence-corrected chi connectivity index (χ4v) is 2.78. The molecule has 0 N–H and O–H groups in total. The lowest BCUT2D eigenvalue weighted by Crippen LogP contribution is -2.10. The standard InChI is InChI=1S/C21H16O4/c1-2-23-21-17(9-8-14-6-4-3-5-7-14)25-19-13-18-15(10-11-24-18)12-16(19)20(21)22/h3-13H,2H2,1H3/b9-8-. The summed E-state index contributed by atoms with van der Waals surface area (Å²) >= 11 is 0. The van der Waals surface area contributed by atoms with E-state index >= 15 is 0 Å². The zero-order valence-electron chi connectivity index (χ0n) is 13.7. The molecule has 124 valence electrons. The number of hydrogen-bond donors (Lipinski definition) is 0. The summed E-state index contributed by atoms with van der Waals surface area (Å²) in [6.45, 7) is 2.23. The molecular formula is C21H16O4. The van der Waals surface area contributed by atoms with E-state index in [1.807, 2.05) is 49.4 Å². The van der Waals surface area contributed by atoms with Crippen LogP contribution in [-0.4, -0.2) is 6.61 Å². The molecule has 4 aromatic rings. The fraction of sp³-hybridized carbons (Fsp3) is 0.0952. The summed E-state index contributed by atoms with van der Waals surface area (Å²) in [5.41, 5.74) is 1.98. The number of rotatable bonds is 4.